The molecule has 1 aliphatic rings. The van der Waals surface area contributed by atoms with Crippen LogP contribution in [0.5, 0.6) is 0 Å². The minimum atomic E-state index is -4.50. The van der Waals surface area contributed by atoms with Crippen molar-refractivity contribution < 1.29 is 22.8 Å². The number of alkyl halides is 3. The number of carbonyl (C=O) groups is 2. The molecule has 2 amide bonds. The molecule has 0 aliphatic carbocycles. The first kappa shape index (κ1) is 23.4. The largest absolute Gasteiger partial charge is 0.416 e. The highest BCUT2D eigenvalue weighted by Crippen LogP contribution is 2.30. The molecule has 2 N–H and O–H groups in total. The Morgan fingerprint density at radius 2 is 1.71 bits per heavy atom. The van der Waals surface area contributed by atoms with E-state index in [1.54, 1.807) is 18.5 Å². The third kappa shape index (κ3) is 5.98. The molecule has 8 nitrogen and oxygen atoms in total. The summed E-state index contributed by atoms with van der Waals surface area (Å²) < 4.78 is 40.5. The van der Waals surface area contributed by atoms with Crippen LogP contribution in [0, 0.1) is 0 Å². The lowest BCUT2D eigenvalue weighted by atomic mass is 10.1. The molecule has 1 fully saturated rings. The second-order valence-electron chi connectivity index (χ2n) is 8.04. The average Bonchev–Trinajstić information content (AvgIpc) is 3.34. The zero-order chi connectivity index (χ0) is 24.1. The molecule has 3 aromatic rings. The molecule has 178 valence electrons. The van der Waals surface area contributed by atoms with Crippen molar-refractivity contribution in [3.63, 3.8) is 0 Å². The highest BCUT2D eigenvalue weighted by Gasteiger charge is 2.30. The first-order chi connectivity index (χ1) is 16.3. The molecule has 0 atom stereocenters. The van der Waals surface area contributed by atoms with Gasteiger partial charge in [0.1, 0.15) is 12.7 Å². The summed E-state index contributed by atoms with van der Waals surface area (Å²) in [5.41, 5.74) is -0.178. The number of halogens is 3. The molecule has 1 aromatic heterocycles. The normalized spacial score (nSPS) is 15.1. The highest BCUT2D eigenvalue weighted by atomic mass is 19.4. The summed E-state index contributed by atoms with van der Waals surface area (Å²) in [4.78, 5) is 31.1. The van der Waals surface area contributed by atoms with E-state index in [0.29, 0.717) is 5.69 Å². The van der Waals surface area contributed by atoms with Crippen molar-refractivity contribution in [1.82, 2.24) is 19.7 Å². The Hall–Kier alpha value is -3.73. The molecule has 2 aromatic carbocycles. The lowest BCUT2D eigenvalue weighted by Crippen LogP contribution is -2.39. The number of piperidine rings is 1. The minimum Gasteiger partial charge on any atom is -0.325 e. The summed E-state index contributed by atoms with van der Waals surface area (Å²) >= 11 is 0. The SMILES string of the molecule is O=C(CN1CCC(n2cncn2)CC1)Nc1cccc(C(=O)Nc2cccc(C(F)(F)F)c2)c1. The molecule has 1 aliphatic heterocycles. The average molecular weight is 472 g/mol. The first-order valence-electron chi connectivity index (χ1n) is 10.7. The molecular weight excluding hydrogens is 449 g/mol. The second-order valence-corrected chi connectivity index (χ2v) is 8.04. The van der Waals surface area contributed by atoms with Crippen LogP contribution in [0.25, 0.3) is 0 Å². The van der Waals surface area contributed by atoms with Gasteiger partial charge in [0.2, 0.25) is 5.91 Å². The van der Waals surface area contributed by atoms with Gasteiger partial charge in [-0.15, -0.1) is 0 Å². The van der Waals surface area contributed by atoms with E-state index in [9.17, 15) is 22.8 Å². The third-order valence-corrected chi connectivity index (χ3v) is 5.59. The van der Waals surface area contributed by atoms with Crippen molar-refractivity contribution in [2.24, 2.45) is 0 Å². The fourth-order valence-electron chi connectivity index (χ4n) is 3.87. The molecule has 11 heteroatoms. The number of likely N-dealkylation sites (tertiary alicyclic amines) is 1. The van der Waals surface area contributed by atoms with Crippen LogP contribution in [0.4, 0.5) is 24.5 Å². The standard InChI is InChI=1S/C23H23F3N6O2/c24-23(25,26)17-4-2-6-19(12-17)30-22(34)16-3-1-5-18(11-16)29-21(33)13-31-9-7-20(8-10-31)32-15-27-14-28-32/h1-6,11-12,14-15,20H,7-10,13H2,(H,29,33)(H,30,34). The number of rotatable bonds is 6. The molecule has 0 saturated carbocycles. The van der Waals surface area contributed by atoms with Gasteiger partial charge in [-0.1, -0.05) is 12.1 Å². The summed E-state index contributed by atoms with van der Waals surface area (Å²) in [6.07, 6.45) is 0.428. The molecule has 0 unspecified atom stereocenters. The highest BCUT2D eigenvalue weighted by molar-refractivity contribution is 6.05. The fourth-order valence-corrected chi connectivity index (χ4v) is 3.87. The van der Waals surface area contributed by atoms with Crippen LogP contribution in [0.1, 0.15) is 34.8 Å². The third-order valence-electron chi connectivity index (χ3n) is 5.59. The van der Waals surface area contributed by atoms with Gasteiger partial charge in [0.15, 0.2) is 0 Å². The van der Waals surface area contributed by atoms with Crippen LogP contribution in [-0.4, -0.2) is 51.1 Å². The van der Waals surface area contributed by atoms with Gasteiger partial charge in [-0.25, -0.2) is 9.67 Å². The van der Waals surface area contributed by atoms with Crippen molar-refractivity contribution in [2.45, 2.75) is 25.1 Å². The molecule has 0 radical (unpaired) electrons. The number of aromatic nitrogens is 3. The maximum Gasteiger partial charge on any atom is 0.416 e. The van der Waals surface area contributed by atoms with Gasteiger partial charge < -0.3 is 10.6 Å². The van der Waals surface area contributed by atoms with Crippen molar-refractivity contribution in [3.8, 4) is 0 Å². The van der Waals surface area contributed by atoms with Crippen LogP contribution in [-0.2, 0) is 11.0 Å². The summed E-state index contributed by atoms with van der Waals surface area (Å²) in [6.45, 7) is 1.71. The van der Waals surface area contributed by atoms with Crippen molar-refractivity contribution in [3.05, 3.63) is 72.3 Å². The monoisotopic (exact) mass is 472 g/mol. The topological polar surface area (TPSA) is 92.2 Å². The lowest BCUT2D eigenvalue weighted by molar-refractivity contribution is -0.137. The summed E-state index contributed by atoms with van der Waals surface area (Å²) in [5, 5.41) is 9.41. The van der Waals surface area contributed by atoms with E-state index in [2.05, 4.69) is 20.7 Å². The van der Waals surface area contributed by atoms with Gasteiger partial charge in [-0.3, -0.25) is 14.5 Å². The van der Waals surface area contributed by atoms with Gasteiger partial charge in [0.05, 0.1) is 18.2 Å². The number of hydrogen-bond donors (Lipinski definition) is 2. The Morgan fingerprint density at radius 3 is 2.38 bits per heavy atom. The zero-order valence-corrected chi connectivity index (χ0v) is 18.1. The number of benzene rings is 2. The van der Waals surface area contributed by atoms with Crippen LogP contribution in [0.15, 0.2) is 61.2 Å². The maximum atomic E-state index is 12.9. The molecule has 2 heterocycles. The Morgan fingerprint density at radius 1 is 1.00 bits per heavy atom. The van der Waals surface area contributed by atoms with E-state index in [1.807, 2.05) is 9.58 Å². The number of carbonyl (C=O) groups excluding carboxylic acids is 2. The van der Waals surface area contributed by atoms with Gasteiger partial charge in [-0.05, 0) is 49.2 Å². The van der Waals surface area contributed by atoms with Gasteiger partial charge in [0, 0.05) is 30.0 Å². The van der Waals surface area contributed by atoms with Crippen LogP contribution in [0.3, 0.4) is 0 Å². The first-order valence-corrected chi connectivity index (χ1v) is 10.7. The molecular formula is C23H23F3N6O2. The number of hydrogen-bond acceptors (Lipinski definition) is 5. The summed E-state index contributed by atoms with van der Waals surface area (Å²) in [5.74, 6) is -0.791. The lowest BCUT2D eigenvalue weighted by Gasteiger charge is -2.31. The molecule has 0 spiro atoms. The summed E-state index contributed by atoms with van der Waals surface area (Å²) in [6, 6.07) is 10.9. The quantitative estimate of drug-likeness (QED) is 0.569. The predicted octanol–water partition coefficient (Wildman–Crippen LogP) is 3.82. The predicted molar refractivity (Wildman–Crippen MR) is 119 cm³/mol. The number of anilines is 2. The van der Waals surface area contributed by atoms with Crippen LogP contribution >= 0.6 is 0 Å². The van der Waals surface area contributed by atoms with Crippen LogP contribution in [0.2, 0.25) is 0 Å². The van der Waals surface area contributed by atoms with E-state index in [1.165, 1.54) is 30.6 Å². The Balaban J connectivity index is 1.31. The van der Waals surface area contributed by atoms with Crippen molar-refractivity contribution in [1.29, 1.82) is 0 Å². The fraction of sp³-hybridized carbons (Fsp3) is 0.304. The zero-order valence-electron chi connectivity index (χ0n) is 18.1. The van der Waals surface area contributed by atoms with Gasteiger partial charge >= 0.3 is 6.18 Å². The minimum absolute atomic E-state index is 0.0311. The number of nitrogens with one attached hydrogen (secondary N) is 2. The number of amides is 2. The Kier molecular flexibility index (Phi) is 6.92. The van der Waals surface area contributed by atoms with E-state index < -0.39 is 17.6 Å². The van der Waals surface area contributed by atoms with Gasteiger partial charge in [-0.2, -0.15) is 18.3 Å². The van der Waals surface area contributed by atoms with E-state index in [4.69, 9.17) is 0 Å². The Bertz CT molecular complexity index is 1140. The molecule has 4 rings (SSSR count). The van der Waals surface area contributed by atoms with E-state index >= 15 is 0 Å². The van der Waals surface area contributed by atoms with Crippen molar-refractivity contribution >= 4 is 23.2 Å². The van der Waals surface area contributed by atoms with Crippen LogP contribution < -0.4 is 10.6 Å². The van der Waals surface area contributed by atoms with E-state index in [-0.39, 0.29) is 29.7 Å². The molecule has 0 bridgehead atoms. The molecule has 1 saturated heterocycles. The Labute approximate surface area is 193 Å². The smallest absolute Gasteiger partial charge is 0.325 e. The van der Waals surface area contributed by atoms with E-state index in [0.717, 1.165) is 38.1 Å². The van der Waals surface area contributed by atoms with Gasteiger partial charge in [0.25, 0.3) is 5.91 Å². The van der Waals surface area contributed by atoms with Crippen molar-refractivity contribution in [2.75, 3.05) is 30.3 Å². The number of nitrogens with zero attached hydrogens (tertiary/aromatic N) is 4. The summed E-state index contributed by atoms with van der Waals surface area (Å²) in [7, 11) is 0. The molecule has 34 heavy (non-hydrogen) atoms. The maximum absolute atomic E-state index is 12.9. The second kappa shape index (κ2) is 10.0.